The third-order valence-electron chi connectivity index (χ3n) is 4.55. The first-order valence-corrected chi connectivity index (χ1v) is 6.40. The average molecular weight is 219 g/mol. The Morgan fingerprint density at radius 1 is 1.50 bits per heavy atom. The lowest BCUT2D eigenvalue weighted by atomic mass is 10.1. The zero-order valence-electron chi connectivity index (χ0n) is 10.2. The molecule has 0 amide bonds. The summed E-state index contributed by atoms with van der Waals surface area (Å²) in [6.07, 6.45) is 6.03. The summed E-state index contributed by atoms with van der Waals surface area (Å²) in [7, 11) is 0. The van der Waals surface area contributed by atoms with Gasteiger partial charge in [-0.1, -0.05) is 13.8 Å². The quantitative estimate of drug-likeness (QED) is 0.826. The highest BCUT2D eigenvalue weighted by Crippen LogP contribution is 2.63. The third kappa shape index (κ3) is 1.34. The molecule has 1 fully saturated rings. The monoisotopic (exact) mass is 219 g/mol. The minimum Gasteiger partial charge on any atom is -0.335 e. The van der Waals surface area contributed by atoms with E-state index in [0.29, 0.717) is 17.3 Å². The molecule has 3 nitrogen and oxygen atoms in total. The first-order chi connectivity index (χ1) is 7.64. The van der Waals surface area contributed by atoms with Crippen molar-refractivity contribution in [1.29, 1.82) is 0 Å². The standard InChI is InChI=1S/C13H21N3/c1-13(2)9(7-14)12(13)10-8-16-6-4-3-5-11(16)15-10/h8-9,12H,3-7,14H2,1-2H3/t9-,12+/m1/s1. The lowest BCUT2D eigenvalue weighted by Gasteiger charge is -2.11. The summed E-state index contributed by atoms with van der Waals surface area (Å²) < 4.78 is 2.35. The summed E-state index contributed by atoms with van der Waals surface area (Å²) in [5.41, 5.74) is 7.47. The van der Waals surface area contributed by atoms with Crippen LogP contribution in [-0.2, 0) is 13.0 Å². The molecule has 1 aliphatic heterocycles. The number of nitrogens with zero attached hydrogens (tertiary/aromatic N) is 2. The fourth-order valence-corrected chi connectivity index (χ4v) is 3.36. The number of nitrogens with two attached hydrogens (primary N) is 1. The van der Waals surface area contributed by atoms with E-state index in [2.05, 4.69) is 24.6 Å². The predicted molar refractivity (Wildman–Crippen MR) is 64.2 cm³/mol. The van der Waals surface area contributed by atoms with Crippen molar-refractivity contribution in [3.05, 3.63) is 17.7 Å². The maximum atomic E-state index is 5.82. The second-order valence-corrected chi connectivity index (χ2v) is 5.87. The third-order valence-corrected chi connectivity index (χ3v) is 4.55. The van der Waals surface area contributed by atoms with Crippen molar-refractivity contribution in [2.75, 3.05) is 6.54 Å². The summed E-state index contributed by atoms with van der Waals surface area (Å²) in [6.45, 7) is 6.57. The van der Waals surface area contributed by atoms with Crippen LogP contribution in [0.25, 0.3) is 0 Å². The topological polar surface area (TPSA) is 43.8 Å². The Morgan fingerprint density at radius 2 is 2.31 bits per heavy atom. The van der Waals surface area contributed by atoms with Crippen molar-refractivity contribution in [3.8, 4) is 0 Å². The number of rotatable bonds is 2. The molecular formula is C13H21N3. The maximum absolute atomic E-state index is 5.82. The molecule has 1 aromatic heterocycles. The highest BCUT2D eigenvalue weighted by molar-refractivity contribution is 5.26. The Bertz CT molecular complexity index is 382. The zero-order valence-corrected chi connectivity index (χ0v) is 10.2. The van der Waals surface area contributed by atoms with Gasteiger partial charge in [-0.05, 0) is 30.7 Å². The molecule has 2 atom stereocenters. The van der Waals surface area contributed by atoms with Gasteiger partial charge in [0.2, 0.25) is 0 Å². The molecule has 16 heavy (non-hydrogen) atoms. The van der Waals surface area contributed by atoms with E-state index in [1.807, 2.05) is 0 Å². The van der Waals surface area contributed by atoms with Crippen molar-refractivity contribution < 1.29 is 0 Å². The van der Waals surface area contributed by atoms with Crippen LogP contribution < -0.4 is 5.73 Å². The normalized spacial score (nSPS) is 31.2. The molecule has 2 aliphatic rings. The Hall–Kier alpha value is -0.830. The van der Waals surface area contributed by atoms with E-state index >= 15 is 0 Å². The summed E-state index contributed by atoms with van der Waals surface area (Å²) in [6, 6.07) is 0. The first kappa shape index (κ1) is 10.3. The second kappa shape index (κ2) is 3.33. The van der Waals surface area contributed by atoms with Crippen LogP contribution >= 0.6 is 0 Å². The molecule has 0 saturated heterocycles. The number of hydrogen-bond donors (Lipinski definition) is 1. The van der Waals surface area contributed by atoms with Gasteiger partial charge in [-0.3, -0.25) is 0 Å². The Morgan fingerprint density at radius 3 is 2.94 bits per heavy atom. The number of aryl methyl sites for hydroxylation is 2. The van der Waals surface area contributed by atoms with Crippen LogP contribution in [0.1, 0.15) is 44.1 Å². The van der Waals surface area contributed by atoms with Crippen LogP contribution in [-0.4, -0.2) is 16.1 Å². The van der Waals surface area contributed by atoms with Crippen LogP contribution in [0.15, 0.2) is 6.20 Å². The van der Waals surface area contributed by atoms with E-state index < -0.39 is 0 Å². The van der Waals surface area contributed by atoms with Gasteiger partial charge < -0.3 is 10.3 Å². The van der Waals surface area contributed by atoms with Crippen LogP contribution in [0, 0.1) is 11.3 Å². The van der Waals surface area contributed by atoms with Crippen molar-refractivity contribution in [3.63, 3.8) is 0 Å². The number of imidazole rings is 1. The lowest BCUT2D eigenvalue weighted by Crippen LogP contribution is -2.08. The molecule has 0 radical (unpaired) electrons. The molecule has 88 valence electrons. The van der Waals surface area contributed by atoms with E-state index in [9.17, 15) is 0 Å². The molecule has 1 aliphatic carbocycles. The van der Waals surface area contributed by atoms with Crippen molar-refractivity contribution >= 4 is 0 Å². The van der Waals surface area contributed by atoms with Gasteiger partial charge in [0, 0.05) is 25.1 Å². The molecule has 2 heterocycles. The largest absolute Gasteiger partial charge is 0.335 e. The highest BCUT2D eigenvalue weighted by Gasteiger charge is 2.58. The molecule has 0 spiro atoms. The molecule has 1 aromatic rings. The molecule has 3 heteroatoms. The molecular weight excluding hydrogens is 198 g/mol. The van der Waals surface area contributed by atoms with E-state index in [0.717, 1.165) is 19.5 Å². The highest BCUT2D eigenvalue weighted by atomic mass is 15.1. The number of hydrogen-bond acceptors (Lipinski definition) is 2. The zero-order chi connectivity index (χ0) is 11.3. The van der Waals surface area contributed by atoms with Gasteiger partial charge in [-0.15, -0.1) is 0 Å². The summed E-state index contributed by atoms with van der Waals surface area (Å²) in [5, 5.41) is 0. The van der Waals surface area contributed by atoms with Crippen molar-refractivity contribution in [1.82, 2.24) is 9.55 Å². The predicted octanol–water partition coefficient (Wildman–Crippen LogP) is 1.92. The molecule has 1 saturated carbocycles. The number of fused-ring (bicyclic) bond motifs is 1. The van der Waals surface area contributed by atoms with Crippen LogP contribution in [0.3, 0.4) is 0 Å². The van der Waals surface area contributed by atoms with Crippen molar-refractivity contribution in [2.24, 2.45) is 17.1 Å². The lowest BCUT2D eigenvalue weighted by molar-refractivity contribution is 0.522. The van der Waals surface area contributed by atoms with Gasteiger partial charge in [0.05, 0.1) is 5.69 Å². The maximum Gasteiger partial charge on any atom is 0.108 e. The minimum absolute atomic E-state index is 0.360. The molecule has 0 bridgehead atoms. The molecule has 0 aromatic carbocycles. The van der Waals surface area contributed by atoms with Crippen LogP contribution in [0.5, 0.6) is 0 Å². The molecule has 2 N–H and O–H groups in total. The Balaban J connectivity index is 1.88. The molecule has 3 rings (SSSR count). The Kier molecular flexibility index (Phi) is 2.15. The van der Waals surface area contributed by atoms with Crippen LogP contribution in [0.2, 0.25) is 0 Å². The van der Waals surface area contributed by atoms with Gasteiger partial charge in [-0.25, -0.2) is 4.98 Å². The smallest absolute Gasteiger partial charge is 0.108 e. The van der Waals surface area contributed by atoms with Gasteiger partial charge in [0.15, 0.2) is 0 Å². The summed E-state index contributed by atoms with van der Waals surface area (Å²) in [5.74, 6) is 2.51. The minimum atomic E-state index is 0.360. The second-order valence-electron chi connectivity index (χ2n) is 5.87. The fourth-order valence-electron chi connectivity index (χ4n) is 3.36. The summed E-state index contributed by atoms with van der Waals surface area (Å²) in [4.78, 5) is 4.81. The van der Waals surface area contributed by atoms with E-state index in [4.69, 9.17) is 10.7 Å². The molecule has 0 unspecified atom stereocenters. The average Bonchev–Trinajstić information content (AvgIpc) is 2.65. The van der Waals surface area contributed by atoms with Gasteiger partial charge in [0.25, 0.3) is 0 Å². The van der Waals surface area contributed by atoms with Gasteiger partial charge in [0.1, 0.15) is 5.82 Å². The van der Waals surface area contributed by atoms with Crippen molar-refractivity contribution in [2.45, 2.75) is 45.6 Å². The van der Waals surface area contributed by atoms with E-state index in [1.54, 1.807) is 0 Å². The Labute approximate surface area is 97.0 Å². The summed E-state index contributed by atoms with van der Waals surface area (Å²) >= 11 is 0. The van der Waals surface area contributed by atoms with E-state index in [-0.39, 0.29) is 0 Å². The van der Waals surface area contributed by atoms with Gasteiger partial charge >= 0.3 is 0 Å². The van der Waals surface area contributed by atoms with Crippen LogP contribution in [0.4, 0.5) is 0 Å². The first-order valence-electron chi connectivity index (χ1n) is 6.40. The van der Waals surface area contributed by atoms with Gasteiger partial charge in [-0.2, -0.15) is 0 Å². The SMILES string of the molecule is CC1(C)[C@H](CN)[C@H]1c1cn2c(n1)CCCC2. The number of aromatic nitrogens is 2. The van der Waals surface area contributed by atoms with E-state index in [1.165, 1.54) is 24.4 Å². The fraction of sp³-hybridized carbons (Fsp3) is 0.769.